The zero-order chi connectivity index (χ0) is 15.8. The summed E-state index contributed by atoms with van der Waals surface area (Å²) >= 11 is 2.97. The van der Waals surface area contributed by atoms with Gasteiger partial charge in [0.1, 0.15) is 11.4 Å². The van der Waals surface area contributed by atoms with Crippen LogP contribution in [0, 0.1) is 0 Å². The van der Waals surface area contributed by atoms with Crippen LogP contribution in [0.5, 0.6) is 0 Å². The molecule has 0 aliphatic heterocycles. The predicted octanol–water partition coefficient (Wildman–Crippen LogP) is 3.04. The molecular formula is C12H10BrF3N4O. The number of nitrogens with one attached hydrogen (secondary N) is 1. The number of carbonyl (C=O) groups is 1. The summed E-state index contributed by atoms with van der Waals surface area (Å²) in [5.74, 6) is -0.688. The SMILES string of the molecule is Cn1ncc(C(=O)Nc2ccc(Br)cc2C(F)(F)F)c1N. The molecule has 112 valence electrons. The van der Waals surface area contributed by atoms with Crippen molar-refractivity contribution in [1.29, 1.82) is 0 Å². The van der Waals surface area contributed by atoms with E-state index in [2.05, 4.69) is 26.3 Å². The van der Waals surface area contributed by atoms with Crippen LogP contribution in [0.15, 0.2) is 28.9 Å². The lowest BCUT2D eigenvalue weighted by Crippen LogP contribution is -2.17. The Morgan fingerprint density at radius 2 is 2.10 bits per heavy atom. The fourth-order valence-electron chi connectivity index (χ4n) is 1.67. The van der Waals surface area contributed by atoms with Gasteiger partial charge in [-0.05, 0) is 18.2 Å². The molecule has 1 heterocycles. The van der Waals surface area contributed by atoms with Gasteiger partial charge in [0.05, 0.1) is 17.4 Å². The molecule has 0 unspecified atom stereocenters. The van der Waals surface area contributed by atoms with Crippen molar-refractivity contribution < 1.29 is 18.0 Å². The van der Waals surface area contributed by atoms with E-state index in [1.54, 1.807) is 0 Å². The normalized spacial score (nSPS) is 11.5. The Hall–Kier alpha value is -2.03. The number of aromatic nitrogens is 2. The van der Waals surface area contributed by atoms with E-state index in [1.165, 1.54) is 24.0 Å². The fourth-order valence-corrected chi connectivity index (χ4v) is 2.03. The van der Waals surface area contributed by atoms with E-state index in [0.717, 1.165) is 12.1 Å². The molecule has 0 aliphatic rings. The van der Waals surface area contributed by atoms with Crippen LogP contribution < -0.4 is 11.1 Å². The molecular weight excluding hydrogens is 353 g/mol. The second-order valence-electron chi connectivity index (χ2n) is 4.21. The average molecular weight is 363 g/mol. The predicted molar refractivity (Wildman–Crippen MR) is 74.7 cm³/mol. The maximum absolute atomic E-state index is 13.0. The van der Waals surface area contributed by atoms with Crippen LogP contribution in [-0.2, 0) is 13.2 Å². The number of nitrogens with zero attached hydrogens (tertiary/aromatic N) is 2. The number of alkyl halides is 3. The highest BCUT2D eigenvalue weighted by atomic mass is 79.9. The van der Waals surface area contributed by atoms with E-state index >= 15 is 0 Å². The average Bonchev–Trinajstić information content (AvgIpc) is 2.71. The molecule has 0 fully saturated rings. The molecule has 0 bridgehead atoms. The lowest BCUT2D eigenvalue weighted by atomic mass is 10.1. The van der Waals surface area contributed by atoms with E-state index < -0.39 is 17.6 Å². The largest absolute Gasteiger partial charge is 0.418 e. The van der Waals surface area contributed by atoms with Crippen LogP contribution in [0.4, 0.5) is 24.7 Å². The Morgan fingerprint density at radius 3 is 2.62 bits per heavy atom. The van der Waals surface area contributed by atoms with Crippen molar-refractivity contribution in [3.05, 3.63) is 40.0 Å². The van der Waals surface area contributed by atoms with Crippen LogP contribution in [0.2, 0.25) is 0 Å². The Morgan fingerprint density at radius 1 is 1.43 bits per heavy atom. The summed E-state index contributed by atoms with van der Waals surface area (Å²) in [4.78, 5) is 12.0. The summed E-state index contributed by atoms with van der Waals surface area (Å²) in [7, 11) is 1.52. The maximum atomic E-state index is 13.0. The maximum Gasteiger partial charge on any atom is 0.418 e. The molecule has 0 saturated carbocycles. The van der Waals surface area contributed by atoms with E-state index in [-0.39, 0.29) is 21.5 Å². The molecule has 1 aromatic carbocycles. The second-order valence-corrected chi connectivity index (χ2v) is 5.12. The van der Waals surface area contributed by atoms with Crippen molar-refractivity contribution in [2.75, 3.05) is 11.1 Å². The molecule has 0 atom stereocenters. The molecule has 1 amide bonds. The van der Waals surface area contributed by atoms with E-state index in [0.29, 0.717) is 0 Å². The first-order valence-corrected chi connectivity index (χ1v) is 6.45. The minimum absolute atomic E-state index is 0.00791. The molecule has 2 aromatic rings. The third-order valence-electron chi connectivity index (χ3n) is 2.76. The highest BCUT2D eigenvalue weighted by Gasteiger charge is 2.34. The number of rotatable bonds is 2. The highest BCUT2D eigenvalue weighted by molar-refractivity contribution is 9.10. The second kappa shape index (κ2) is 5.40. The zero-order valence-electron chi connectivity index (χ0n) is 10.7. The monoisotopic (exact) mass is 362 g/mol. The van der Waals surface area contributed by atoms with Crippen molar-refractivity contribution in [1.82, 2.24) is 9.78 Å². The van der Waals surface area contributed by atoms with Crippen LogP contribution >= 0.6 is 15.9 Å². The molecule has 0 radical (unpaired) electrons. The number of carbonyl (C=O) groups excluding carboxylic acids is 1. The lowest BCUT2D eigenvalue weighted by Gasteiger charge is -2.14. The Kier molecular flexibility index (Phi) is 3.95. The first-order valence-electron chi connectivity index (χ1n) is 5.65. The Balaban J connectivity index is 2.36. The summed E-state index contributed by atoms with van der Waals surface area (Å²) in [6, 6.07) is 3.46. The Labute approximate surface area is 126 Å². The van der Waals surface area contributed by atoms with E-state index in [4.69, 9.17) is 5.73 Å². The number of hydrogen-bond donors (Lipinski definition) is 2. The van der Waals surface area contributed by atoms with Crippen LogP contribution in [0.1, 0.15) is 15.9 Å². The van der Waals surface area contributed by atoms with Gasteiger partial charge in [-0.25, -0.2) is 0 Å². The quantitative estimate of drug-likeness (QED) is 0.862. The topological polar surface area (TPSA) is 72.9 Å². The number of amides is 1. The van der Waals surface area contributed by atoms with Gasteiger partial charge in [0.25, 0.3) is 5.91 Å². The van der Waals surface area contributed by atoms with Crippen molar-refractivity contribution in [3.8, 4) is 0 Å². The van der Waals surface area contributed by atoms with Crippen molar-refractivity contribution in [2.24, 2.45) is 7.05 Å². The van der Waals surface area contributed by atoms with Crippen LogP contribution in [0.3, 0.4) is 0 Å². The number of aryl methyl sites for hydroxylation is 1. The zero-order valence-corrected chi connectivity index (χ0v) is 12.3. The molecule has 1 aromatic heterocycles. The van der Waals surface area contributed by atoms with Gasteiger partial charge in [-0.1, -0.05) is 15.9 Å². The summed E-state index contributed by atoms with van der Waals surface area (Å²) in [6.45, 7) is 0. The van der Waals surface area contributed by atoms with Crippen molar-refractivity contribution >= 4 is 33.3 Å². The number of hydrogen-bond acceptors (Lipinski definition) is 3. The van der Waals surface area contributed by atoms with Gasteiger partial charge >= 0.3 is 6.18 Å². The van der Waals surface area contributed by atoms with Crippen molar-refractivity contribution in [3.63, 3.8) is 0 Å². The van der Waals surface area contributed by atoms with Gasteiger partial charge in [-0.3, -0.25) is 9.48 Å². The molecule has 0 aliphatic carbocycles. The first-order chi connectivity index (χ1) is 9.70. The van der Waals surface area contributed by atoms with Crippen LogP contribution in [-0.4, -0.2) is 15.7 Å². The number of benzene rings is 1. The highest BCUT2D eigenvalue weighted by Crippen LogP contribution is 2.36. The summed E-state index contributed by atoms with van der Waals surface area (Å²) in [5, 5.41) is 5.97. The minimum Gasteiger partial charge on any atom is -0.383 e. The number of nitrogen functional groups attached to an aromatic ring is 1. The third kappa shape index (κ3) is 3.18. The summed E-state index contributed by atoms with van der Waals surface area (Å²) in [5.41, 5.74) is 4.32. The smallest absolute Gasteiger partial charge is 0.383 e. The molecule has 9 heteroatoms. The van der Waals surface area contributed by atoms with Gasteiger partial charge in [0.15, 0.2) is 0 Å². The Bertz CT molecular complexity index is 696. The van der Waals surface area contributed by atoms with Gasteiger partial charge in [-0.15, -0.1) is 0 Å². The summed E-state index contributed by atoms with van der Waals surface area (Å²) < 4.78 is 40.4. The molecule has 2 rings (SSSR count). The van der Waals surface area contributed by atoms with Gasteiger partial charge in [-0.2, -0.15) is 18.3 Å². The van der Waals surface area contributed by atoms with E-state index in [9.17, 15) is 18.0 Å². The molecule has 3 N–H and O–H groups in total. The third-order valence-corrected chi connectivity index (χ3v) is 3.26. The standard InChI is InChI=1S/C12H10BrF3N4O/c1-20-10(17)7(5-18-20)11(21)19-9-3-2-6(13)4-8(9)12(14,15)16/h2-5H,17H2,1H3,(H,19,21). The van der Waals surface area contributed by atoms with Gasteiger partial charge < -0.3 is 11.1 Å². The van der Waals surface area contributed by atoms with E-state index in [1.807, 2.05) is 0 Å². The number of halogens is 4. The number of anilines is 2. The first kappa shape index (κ1) is 15.4. The summed E-state index contributed by atoms with van der Waals surface area (Å²) in [6.07, 6.45) is -3.40. The molecule has 21 heavy (non-hydrogen) atoms. The fraction of sp³-hybridized carbons (Fsp3) is 0.167. The van der Waals surface area contributed by atoms with Gasteiger partial charge in [0.2, 0.25) is 0 Å². The molecule has 0 saturated heterocycles. The molecule has 5 nitrogen and oxygen atoms in total. The molecule has 0 spiro atoms. The lowest BCUT2D eigenvalue weighted by molar-refractivity contribution is -0.136. The van der Waals surface area contributed by atoms with Crippen LogP contribution in [0.25, 0.3) is 0 Å². The van der Waals surface area contributed by atoms with Gasteiger partial charge in [0, 0.05) is 11.5 Å². The minimum atomic E-state index is -4.59. The van der Waals surface area contributed by atoms with Crippen molar-refractivity contribution in [2.45, 2.75) is 6.18 Å². The number of nitrogens with two attached hydrogens (primary N) is 1.